The highest BCUT2D eigenvalue weighted by Crippen LogP contribution is 2.31. The van der Waals surface area contributed by atoms with Gasteiger partial charge in [0.05, 0.1) is 31.0 Å². The number of aliphatic hydroxyl groups excluding tert-OH is 1. The molecule has 14 heteroatoms. The monoisotopic (exact) mass is 590 g/mol. The van der Waals surface area contributed by atoms with Crippen LogP contribution in [0, 0.1) is 12.7 Å². The number of amides is 1. The summed E-state index contributed by atoms with van der Waals surface area (Å²) in [6.45, 7) is 6.13. The van der Waals surface area contributed by atoms with E-state index in [1.807, 2.05) is 0 Å². The van der Waals surface area contributed by atoms with E-state index in [0.717, 1.165) is 30.6 Å². The van der Waals surface area contributed by atoms with Gasteiger partial charge in [0.1, 0.15) is 26.9 Å². The van der Waals surface area contributed by atoms with Crippen LogP contribution in [0.4, 0.5) is 4.39 Å². The van der Waals surface area contributed by atoms with Crippen molar-refractivity contribution >= 4 is 27.5 Å². The highest BCUT2D eigenvalue weighted by molar-refractivity contribution is 7.21. The molecular weight excluding hydrogens is 555 g/mol. The van der Waals surface area contributed by atoms with Gasteiger partial charge in [-0.3, -0.25) is 14.2 Å². The predicted molar refractivity (Wildman–Crippen MR) is 153 cm³/mol. The van der Waals surface area contributed by atoms with E-state index in [4.69, 9.17) is 20.3 Å². The van der Waals surface area contributed by atoms with Crippen molar-refractivity contribution in [1.29, 1.82) is 0 Å². The number of carbonyl (C=O) groups is 1. The summed E-state index contributed by atoms with van der Waals surface area (Å²) < 4.78 is 26.5. The van der Waals surface area contributed by atoms with Gasteiger partial charge in [-0.05, 0) is 63.8 Å². The molecule has 4 heterocycles. The van der Waals surface area contributed by atoms with Crippen molar-refractivity contribution in [3.05, 3.63) is 68.4 Å². The zero-order valence-electron chi connectivity index (χ0n) is 23.3. The fourth-order valence-electron chi connectivity index (χ4n) is 4.51. The quantitative estimate of drug-likeness (QED) is 0.332. The van der Waals surface area contributed by atoms with Crippen LogP contribution in [-0.4, -0.2) is 61.6 Å². The van der Waals surface area contributed by atoms with Gasteiger partial charge in [0.25, 0.3) is 5.56 Å². The fraction of sp³-hybridized carbons (Fsp3) is 0.444. The number of halogens is 1. The number of hydrogen-bond acceptors (Lipinski definition) is 9. The molecule has 1 saturated heterocycles. The Hall–Kier alpha value is -3.88. The topological polar surface area (TPSA) is 156 Å². The lowest BCUT2D eigenvalue weighted by Crippen LogP contribution is -2.54. The van der Waals surface area contributed by atoms with Gasteiger partial charge in [-0.15, -0.1) is 4.80 Å². The molecule has 1 aliphatic heterocycles. The van der Waals surface area contributed by atoms with Crippen molar-refractivity contribution in [3.8, 4) is 10.8 Å². The average molecular weight is 591 g/mol. The van der Waals surface area contributed by atoms with E-state index in [0.29, 0.717) is 26.7 Å². The van der Waals surface area contributed by atoms with E-state index in [1.165, 1.54) is 72.3 Å². The van der Waals surface area contributed by atoms with Gasteiger partial charge in [-0.1, -0.05) is 11.3 Å². The van der Waals surface area contributed by atoms with E-state index < -0.39 is 28.5 Å². The van der Waals surface area contributed by atoms with Crippen molar-refractivity contribution < 1.29 is 25.2 Å². The van der Waals surface area contributed by atoms with Crippen molar-refractivity contribution in [2.24, 2.45) is 5.73 Å². The summed E-state index contributed by atoms with van der Waals surface area (Å²) in [6.07, 6.45) is 4.79. The number of ether oxygens (including phenoxy) is 2. The van der Waals surface area contributed by atoms with Gasteiger partial charge >= 0.3 is 5.69 Å². The molecule has 4 aromatic rings. The summed E-state index contributed by atoms with van der Waals surface area (Å²) >= 11 is 1.18. The van der Waals surface area contributed by atoms with Gasteiger partial charge in [-0.2, -0.15) is 10.2 Å². The highest BCUT2D eigenvalue weighted by atomic mass is 32.1. The lowest BCUT2D eigenvalue weighted by Gasteiger charge is -2.24. The second-order valence-electron chi connectivity index (χ2n) is 10.1. The Morgan fingerprint density at radius 2 is 1.93 bits per heavy atom. The number of carbonyl (C=O) groups excluding carboxylic acids is 1. The van der Waals surface area contributed by atoms with Crippen molar-refractivity contribution in [1.82, 2.24) is 24.1 Å². The van der Waals surface area contributed by atoms with E-state index in [-0.39, 0.29) is 25.9 Å². The normalized spacial score (nSPS) is 14.1. The van der Waals surface area contributed by atoms with Crippen LogP contribution in [0.25, 0.3) is 15.2 Å². The SMILES string of the molecule is COc1ccc(F)cc1CCn1c(=O)n(C(C)(C)C(N)=O)c(=O)c2c(C)c(-n3nccn3)sc21.OC1CCOCC1.[HH]. The third kappa shape index (κ3) is 6.09. The number of aliphatic hydroxyl groups is 1. The molecule has 0 bridgehead atoms. The molecule has 3 aromatic heterocycles. The molecule has 0 unspecified atom stereocenters. The molecule has 0 aliphatic carbocycles. The third-order valence-electron chi connectivity index (χ3n) is 6.99. The molecule has 0 atom stereocenters. The Labute approximate surface area is 240 Å². The molecule has 41 heavy (non-hydrogen) atoms. The Bertz CT molecular complexity index is 1660. The maximum absolute atomic E-state index is 13.9. The van der Waals surface area contributed by atoms with Crippen LogP contribution in [0.1, 0.15) is 39.2 Å². The minimum atomic E-state index is -1.58. The highest BCUT2D eigenvalue weighted by Gasteiger charge is 2.34. The number of thiophene rings is 1. The summed E-state index contributed by atoms with van der Waals surface area (Å²) in [6, 6.07) is 4.13. The Balaban J connectivity index is 0.000000531. The van der Waals surface area contributed by atoms with Gasteiger partial charge in [-0.25, -0.2) is 13.8 Å². The maximum Gasteiger partial charge on any atom is 0.333 e. The zero-order valence-corrected chi connectivity index (χ0v) is 24.1. The molecule has 1 fully saturated rings. The first kappa shape index (κ1) is 30.1. The van der Waals surface area contributed by atoms with E-state index >= 15 is 0 Å². The fourth-order valence-corrected chi connectivity index (χ4v) is 5.74. The van der Waals surface area contributed by atoms with Crippen LogP contribution in [0.15, 0.2) is 40.2 Å². The Morgan fingerprint density at radius 1 is 1.27 bits per heavy atom. The number of aromatic nitrogens is 5. The number of aryl methyl sites for hydroxylation is 3. The summed E-state index contributed by atoms with van der Waals surface area (Å²) in [5.74, 6) is -0.793. The molecule has 222 valence electrons. The molecule has 1 aromatic carbocycles. The summed E-state index contributed by atoms with van der Waals surface area (Å²) in [5.41, 5.74) is 3.75. The molecule has 0 saturated carbocycles. The number of nitrogens with zero attached hydrogens (tertiary/aromatic N) is 5. The number of nitrogens with two attached hydrogens (primary N) is 1. The van der Waals surface area contributed by atoms with Crippen molar-refractivity contribution in [2.45, 2.75) is 58.2 Å². The van der Waals surface area contributed by atoms with Gasteiger partial charge < -0.3 is 20.3 Å². The van der Waals surface area contributed by atoms with E-state index in [1.54, 1.807) is 6.92 Å². The molecular formula is C27H35FN6O6S. The second kappa shape index (κ2) is 12.3. The molecule has 3 N–H and O–H groups in total. The molecule has 5 rings (SSSR count). The second-order valence-corrected chi connectivity index (χ2v) is 11.1. The molecule has 1 aliphatic rings. The largest absolute Gasteiger partial charge is 0.496 e. The van der Waals surface area contributed by atoms with Crippen molar-refractivity contribution in [3.63, 3.8) is 0 Å². The van der Waals surface area contributed by atoms with Crippen LogP contribution in [-0.2, 0) is 28.0 Å². The first-order valence-electron chi connectivity index (χ1n) is 13.0. The Kier molecular flexibility index (Phi) is 9.05. The number of primary amides is 1. The van der Waals surface area contributed by atoms with Crippen LogP contribution in [0.2, 0.25) is 0 Å². The number of benzene rings is 1. The molecule has 0 spiro atoms. The zero-order chi connectivity index (χ0) is 29.9. The van der Waals surface area contributed by atoms with Crippen molar-refractivity contribution in [2.75, 3.05) is 20.3 Å². The average Bonchev–Trinajstić information content (AvgIpc) is 3.57. The minimum absolute atomic E-state index is 0. The van der Waals surface area contributed by atoms with Crippen LogP contribution >= 0.6 is 11.3 Å². The van der Waals surface area contributed by atoms with E-state index in [2.05, 4.69) is 10.2 Å². The minimum Gasteiger partial charge on any atom is -0.496 e. The lowest BCUT2D eigenvalue weighted by molar-refractivity contribution is -0.125. The summed E-state index contributed by atoms with van der Waals surface area (Å²) in [5, 5.41) is 17.9. The van der Waals surface area contributed by atoms with Gasteiger partial charge in [0.2, 0.25) is 5.91 Å². The smallest absolute Gasteiger partial charge is 0.333 e. The molecule has 0 radical (unpaired) electrons. The van der Waals surface area contributed by atoms with Crippen LogP contribution in [0.3, 0.4) is 0 Å². The summed E-state index contributed by atoms with van der Waals surface area (Å²) in [7, 11) is 1.47. The first-order chi connectivity index (χ1) is 19.5. The van der Waals surface area contributed by atoms with Crippen LogP contribution < -0.4 is 21.7 Å². The summed E-state index contributed by atoms with van der Waals surface area (Å²) in [4.78, 5) is 41.0. The number of methoxy groups -OCH3 is 1. The van der Waals surface area contributed by atoms with Gasteiger partial charge in [0.15, 0.2) is 0 Å². The predicted octanol–water partition coefficient (Wildman–Crippen LogP) is 2.13. The van der Waals surface area contributed by atoms with E-state index in [9.17, 15) is 18.8 Å². The van der Waals surface area contributed by atoms with Crippen LogP contribution in [0.5, 0.6) is 5.75 Å². The molecule has 12 nitrogen and oxygen atoms in total. The first-order valence-corrected chi connectivity index (χ1v) is 13.8. The third-order valence-corrected chi connectivity index (χ3v) is 8.27. The number of fused-ring (bicyclic) bond motifs is 1. The standard InChI is InChI=1S/C22H23FN6O4S.C5H10O2.H2/c1-12-16-17(30)28(22(2,3)20(24)31)21(32)27(19(16)34-18(12)29-25-8-9-26-29)10-7-13-11-14(23)5-6-15(13)33-4;6-5-1-3-7-4-2-5;/h5-6,8-9,11H,7,10H2,1-4H3,(H2,24,31);5-6H,1-4H2;1H. The Morgan fingerprint density at radius 3 is 2.49 bits per heavy atom. The lowest BCUT2D eigenvalue weighted by atomic mass is 10.0. The number of hydrogen-bond donors (Lipinski definition) is 2. The van der Waals surface area contributed by atoms with Gasteiger partial charge in [0, 0.05) is 26.7 Å². The maximum atomic E-state index is 13.9. The number of rotatable bonds is 7. The molecule has 1 amide bonds.